The Morgan fingerprint density at radius 1 is 1.56 bits per heavy atom. The van der Waals surface area contributed by atoms with E-state index in [1.165, 1.54) is 24.2 Å². The van der Waals surface area contributed by atoms with E-state index >= 15 is 0 Å². The van der Waals surface area contributed by atoms with Crippen LogP contribution in [-0.2, 0) is 22.4 Å². The van der Waals surface area contributed by atoms with Gasteiger partial charge in [-0.3, -0.25) is 4.79 Å². The van der Waals surface area contributed by atoms with E-state index in [2.05, 4.69) is 6.07 Å². The van der Waals surface area contributed by atoms with Crippen LogP contribution in [-0.4, -0.2) is 23.8 Å². The number of hydrogen-bond donors (Lipinski definition) is 0. The molecule has 1 heterocycles. The summed E-state index contributed by atoms with van der Waals surface area (Å²) >= 11 is 1.21. The fourth-order valence-corrected chi connectivity index (χ4v) is 2.69. The molecule has 1 atom stereocenters. The number of ether oxygens (including phenoxy) is 1. The Kier molecular flexibility index (Phi) is 4.42. The Labute approximate surface area is 111 Å². The average molecular weight is 264 g/mol. The summed E-state index contributed by atoms with van der Waals surface area (Å²) in [5, 5.41) is 0.0594. The minimum absolute atomic E-state index is 0.0594. The highest BCUT2D eigenvalue weighted by Crippen LogP contribution is 2.27. The van der Waals surface area contributed by atoms with Crippen LogP contribution in [0.2, 0.25) is 0 Å². The first kappa shape index (κ1) is 13.1. The molecule has 1 aliphatic rings. The van der Waals surface area contributed by atoms with Crippen LogP contribution in [0.5, 0.6) is 5.75 Å². The van der Waals surface area contributed by atoms with Crippen molar-refractivity contribution in [3.63, 3.8) is 0 Å². The molecule has 4 heteroatoms. The lowest BCUT2D eigenvalue weighted by Gasteiger charge is -2.09. The first-order chi connectivity index (χ1) is 8.69. The zero-order valence-corrected chi connectivity index (χ0v) is 11.2. The number of fused-ring (bicyclic) bond motifs is 1. The molecule has 1 unspecified atom stereocenters. The Bertz CT molecular complexity index is 456. The van der Waals surface area contributed by atoms with Gasteiger partial charge >= 0.3 is 0 Å². The summed E-state index contributed by atoms with van der Waals surface area (Å²) in [6, 6.07) is 6.08. The molecule has 0 N–H and O–H groups in total. The lowest BCUT2D eigenvalue weighted by Crippen LogP contribution is -2.10. The van der Waals surface area contributed by atoms with Gasteiger partial charge in [0.1, 0.15) is 12.0 Å². The van der Waals surface area contributed by atoms with Crippen molar-refractivity contribution in [1.29, 1.82) is 0 Å². The maximum atomic E-state index is 11.0. The van der Waals surface area contributed by atoms with E-state index < -0.39 is 0 Å². The van der Waals surface area contributed by atoms with Crippen LogP contribution in [0.25, 0.3) is 0 Å². The van der Waals surface area contributed by atoms with E-state index in [9.17, 15) is 9.59 Å². The molecule has 0 saturated heterocycles. The van der Waals surface area contributed by atoms with Crippen LogP contribution < -0.4 is 4.74 Å². The fourth-order valence-electron chi connectivity index (χ4n) is 2.04. The first-order valence-corrected chi connectivity index (χ1v) is 7.01. The number of carbonyl (C=O) groups is 2. The third kappa shape index (κ3) is 3.35. The fraction of sp³-hybridized carbons (Fsp3) is 0.429. The molecule has 1 aliphatic heterocycles. The Hall–Kier alpha value is -1.29. The smallest absolute Gasteiger partial charge is 0.185 e. The minimum atomic E-state index is -0.0979. The van der Waals surface area contributed by atoms with E-state index in [4.69, 9.17) is 4.74 Å². The van der Waals surface area contributed by atoms with Crippen molar-refractivity contribution in [3.05, 3.63) is 29.3 Å². The van der Waals surface area contributed by atoms with E-state index in [1.807, 2.05) is 12.1 Å². The molecular weight excluding hydrogens is 248 g/mol. The predicted molar refractivity (Wildman–Crippen MR) is 72.0 cm³/mol. The van der Waals surface area contributed by atoms with Crippen molar-refractivity contribution in [2.45, 2.75) is 19.8 Å². The van der Waals surface area contributed by atoms with Crippen molar-refractivity contribution < 1.29 is 14.3 Å². The Morgan fingerprint density at radius 2 is 2.39 bits per heavy atom. The standard InChI is InChI=1S/C14H16O3S/c1-10(16)18-9-12(8-15)6-11-2-3-14-13(7-11)4-5-17-14/h2-3,7-8,12H,4-6,9H2,1H3. The molecule has 0 amide bonds. The van der Waals surface area contributed by atoms with Gasteiger partial charge in [0.2, 0.25) is 0 Å². The van der Waals surface area contributed by atoms with Gasteiger partial charge in [0, 0.05) is 25.0 Å². The average Bonchev–Trinajstić information content (AvgIpc) is 2.81. The Balaban J connectivity index is 1.98. The molecule has 0 radical (unpaired) electrons. The van der Waals surface area contributed by atoms with E-state index in [1.54, 1.807) is 0 Å². The summed E-state index contributed by atoms with van der Waals surface area (Å²) in [6.07, 6.45) is 2.58. The molecule has 0 fully saturated rings. The van der Waals surface area contributed by atoms with Crippen LogP contribution in [0.15, 0.2) is 18.2 Å². The summed E-state index contributed by atoms with van der Waals surface area (Å²) in [6.45, 7) is 2.27. The maximum Gasteiger partial charge on any atom is 0.185 e. The predicted octanol–water partition coefficient (Wildman–Crippen LogP) is 2.26. The number of carbonyl (C=O) groups excluding carboxylic acids is 2. The first-order valence-electron chi connectivity index (χ1n) is 6.02. The van der Waals surface area contributed by atoms with Gasteiger partial charge in [-0.1, -0.05) is 23.9 Å². The summed E-state index contributed by atoms with van der Waals surface area (Å²) in [7, 11) is 0. The number of thioether (sulfide) groups is 1. The van der Waals surface area contributed by atoms with Crippen LogP contribution >= 0.6 is 11.8 Å². The lowest BCUT2D eigenvalue weighted by atomic mass is 10.00. The maximum absolute atomic E-state index is 11.0. The minimum Gasteiger partial charge on any atom is -0.493 e. The second-order valence-corrected chi connectivity index (χ2v) is 5.64. The van der Waals surface area contributed by atoms with E-state index in [0.717, 1.165) is 30.6 Å². The second kappa shape index (κ2) is 6.05. The molecule has 2 rings (SSSR count). The third-order valence-corrected chi connectivity index (χ3v) is 3.95. The van der Waals surface area contributed by atoms with Crippen LogP contribution in [0.4, 0.5) is 0 Å². The van der Waals surface area contributed by atoms with E-state index in [0.29, 0.717) is 12.2 Å². The van der Waals surface area contributed by atoms with Gasteiger partial charge in [-0.2, -0.15) is 0 Å². The van der Waals surface area contributed by atoms with Crippen molar-refractivity contribution in [2.24, 2.45) is 5.92 Å². The molecule has 0 aliphatic carbocycles. The molecule has 1 aromatic carbocycles. The SMILES string of the molecule is CC(=O)SCC(C=O)Cc1ccc2c(c1)CCO2. The second-order valence-electron chi connectivity index (χ2n) is 4.44. The monoisotopic (exact) mass is 264 g/mol. The Morgan fingerprint density at radius 3 is 3.11 bits per heavy atom. The molecule has 0 saturated carbocycles. The normalized spacial score (nSPS) is 14.7. The summed E-state index contributed by atoms with van der Waals surface area (Å²) < 4.78 is 5.45. The highest BCUT2D eigenvalue weighted by molar-refractivity contribution is 8.13. The number of benzene rings is 1. The van der Waals surface area contributed by atoms with Crippen molar-refractivity contribution in [1.82, 2.24) is 0 Å². The zero-order valence-electron chi connectivity index (χ0n) is 10.3. The van der Waals surface area contributed by atoms with Gasteiger partial charge < -0.3 is 9.53 Å². The van der Waals surface area contributed by atoms with Crippen LogP contribution in [0, 0.1) is 5.92 Å². The molecule has 1 aromatic rings. The van der Waals surface area contributed by atoms with Gasteiger partial charge in [0.15, 0.2) is 5.12 Å². The summed E-state index contributed by atoms with van der Waals surface area (Å²) in [5.74, 6) is 1.42. The van der Waals surface area contributed by atoms with Crippen molar-refractivity contribution in [3.8, 4) is 5.75 Å². The van der Waals surface area contributed by atoms with Crippen LogP contribution in [0.3, 0.4) is 0 Å². The molecule has 18 heavy (non-hydrogen) atoms. The highest BCUT2D eigenvalue weighted by Gasteiger charge is 2.15. The number of aldehydes is 1. The van der Waals surface area contributed by atoms with E-state index in [-0.39, 0.29) is 11.0 Å². The summed E-state index contributed by atoms with van der Waals surface area (Å²) in [4.78, 5) is 21.9. The van der Waals surface area contributed by atoms with Gasteiger partial charge in [-0.15, -0.1) is 0 Å². The van der Waals surface area contributed by atoms with Crippen molar-refractivity contribution >= 4 is 23.2 Å². The van der Waals surface area contributed by atoms with Crippen LogP contribution in [0.1, 0.15) is 18.1 Å². The highest BCUT2D eigenvalue weighted by atomic mass is 32.2. The molecule has 3 nitrogen and oxygen atoms in total. The third-order valence-electron chi connectivity index (χ3n) is 2.94. The van der Waals surface area contributed by atoms with Gasteiger partial charge in [-0.25, -0.2) is 0 Å². The summed E-state index contributed by atoms with van der Waals surface area (Å²) in [5.41, 5.74) is 2.36. The lowest BCUT2D eigenvalue weighted by molar-refractivity contribution is -0.110. The topological polar surface area (TPSA) is 43.4 Å². The van der Waals surface area contributed by atoms with Gasteiger partial charge in [0.25, 0.3) is 0 Å². The largest absolute Gasteiger partial charge is 0.493 e. The molecule has 0 aromatic heterocycles. The van der Waals surface area contributed by atoms with Crippen molar-refractivity contribution in [2.75, 3.05) is 12.4 Å². The molecule has 96 valence electrons. The number of rotatable bonds is 5. The van der Waals surface area contributed by atoms with Gasteiger partial charge in [-0.05, 0) is 23.6 Å². The number of hydrogen-bond acceptors (Lipinski definition) is 4. The zero-order chi connectivity index (χ0) is 13.0. The van der Waals surface area contributed by atoms with Gasteiger partial charge in [0.05, 0.1) is 6.61 Å². The molecular formula is C14H16O3S. The molecule has 0 bridgehead atoms. The quantitative estimate of drug-likeness (QED) is 0.765. The molecule has 0 spiro atoms.